The van der Waals surface area contributed by atoms with Crippen LogP contribution in [0.1, 0.15) is 34.6 Å². The van der Waals surface area contributed by atoms with Crippen LogP contribution in [-0.4, -0.2) is 56.4 Å². The van der Waals surface area contributed by atoms with Crippen LogP contribution in [0.25, 0.3) is 16.8 Å². The molecule has 3 aromatic rings. The Morgan fingerprint density at radius 1 is 1.16 bits per heavy atom. The first kappa shape index (κ1) is 21.1. The van der Waals surface area contributed by atoms with Gasteiger partial charge in [0, 0.05) is 37.0 Å². The summed E-state index contributed by atoms with van der Waals surface area (Å²) in [6.07, 6.45) is 3.22. The van der Waals surface area contributed by atoms with E-state index in [1.165, 1.54) is 12.1 Å². The first-order chi connectivity index (χ1) is 14.6. The van der Waals surface area contributed by atoms with Crippen LogP contribution in [-0.2, 0) is 4.74 Å². The van der Waals surface area contributed by atoms with E-state index in [0.29, 0.717) is 24.6 Å². The number of pyridine rings is 2. The van der Waals surface area contributed by atoms with E-state index >= 15 is 0 Å². The summed E-state index contributed by atoms with van der Waals surface area (Å²) in [5.74, 6) is 0.193. The lowest BCUT2D eigenvalue weighted by Gasteiger charge is -2.44. The number of fused-ring (bicyclic) bond motifs is 1. The molecule has 3 aromatic heterocycles. The molecule has 7 nitrogen and oxygen atoms in total. The van der Waals surface area contributed by atoms with Gasteiger partial charge in [0.05, 0.1) is 29.5 Å². The van der Waals surface area contributed by atoms with Crippen molar-refractivity contribution in [2.75, 3.05) is 18.0 Å². The zero-order valence-corrected chi connectivity index (χ0v) is 18.5. The smallest absolute Gasteiger partial charge is 0.410 e. The standard InChI is InChI=1S/C23H28FN5O2/c1-15-13-27(14-16(2)29(15)22(30)31-23(3,4)5)21-11-17(24)10-19(26-21)18-12-25-28-9-7-6-8-20(18)28/h6-12,15-16H,13-14H2,1-5H3/t15-,16+. The van der Waals surface area contributed by atoms with Crippen molar-refractivity contribution in [3.8, 4) is 11.3 Å². The van der Waals surface area contributed by atoms with Crippen molar-refractivity contribution in [1.29, 1.82) is 0 Å². The van der Waals surface area contributed by atoms with Crippen LogP contribution < -0.4 is 4.90 Å². The Labute approximate surface area is 181 Å². The summed E-state index contributed by atoms with van der Waals surface area (Å²) in [5, 5.41) is 4.33. The SMILES string of the molecule is C[C@@H]1CN(c2cc(F)cc(-c3cnn4ccccc34)n2)C[C@H](C)N1C(=O)OC(C)(C)C. The molecule has 1 amide bonds. The molecule has 4 heterocycles. The summed E-state index contributed by atoms with van der Waals surface area (Å²) < 4.78 is 21.9. The van der Waals surface area contributed by atoms with Crippen LogP contribution in [0.2, 0.25) is 0 Å². The third-order valence-electron chi connectivity index (χ3n) is 5.33. The first-order valence-corrected chi connectivity index (χ1v) is 10.5. The van der Waals surface area contributed by atoms with Crippen molar-refractivity contribution in [2.24, 2.45) is 0 Å². The monoisotopic (exact) mass is 425 g/mol. The zero-order valence-electron chi connectivity index (χ0n) is 18.5. The summed E-state index contributed by atoms with van der Waals surface area (Å²) in [4.78, 5) is 21.2. The maximum absolute atomic E-state index is 14.6. The molecule has 8 heteroatoms. The number of piperazine rings is 1. The number of amides is 1. The first-order valence-electron chi connectivity index (χ1n) is 10.5. The molecule has 1 fully saturated rings. The molecular formula is C23H28FN5O2. The molecule has 2 atom stereocenters. The summed E-state index contributed by atoms with van der Waals surface area (Å²) in [6, 6.07) is 8.39. The lowest BCUT2D eigenvalue weighted by atomic mass is 10.1. The van der Waals surface area contributed by atoms with Gasteiger partial charge in [0.1, 0.15) is 17.2 Å². The van der Waals surface area contributed by atoms with Crippen LogP contribution in [0.15, 0.2) is 42.7 Å². The normalized spacial score (nSPS) is 19.7. The number of rotatable bonds is 2. The van der Waals surface area contributed by atoms with Crippen molar-refractivity contribution >= 4 is 17.4 Å². The van der Waals surface area contributed by atoms with Crippen molar-refractivity contribution in [2.45, 2.75) is 52.3 Å². The maximum atomic E-state index is 14.6. The molecule has 1 aliphatic heterocycles. The molecule has 0 aromatic carbocycles. The highest BCUT2D eigenvalue weighted by Crippen LogP contribution is 2.28. The lowest BCUT2D eigenvalue weighted by Crippen LogP contribution is -2.59. The van der Waals surface area contributed by atoms with Gasteiger partial charge in [-0.15, -0.1) is 0 Å². The number of ether oxygens (including phenoxy) is 1. The third-order valence-corrected chi connectivity index (χ3v) is 5.33. The Bertz CT molecular complexity index is 1090. The highest BCUT2D eigenvalue weighted by molar-refractivity contribution is 5.78. The zero-order chi connectivity index (χ0) is 22.3. The third kappa shape index (κ3) is 4.33. The second-order valence-electron chi connectivity index (χ2n) is 9.11. The summed E-state index contributed by atoms with van der Waals surface area (Å²) in [6.45, 7) is 10.6. The fraction of sp³-hybridized carbons (Fsp3) is 0.435. The molecule has 164 valence electrons. The number of anilines is 1. The van der Waals surface area contributed by atoms with Gasteiger partial charge in [-0.2, -0.15) is 5.10 Å². The van der Waals surface area contributed by atoms with Gasteiger partial charge < -0.3 is 9.64 Å². The van der Waals surface area contributed by atoms with Gasteiger partial charge in [0.2, 0.25) is 0 Å². The molecule has 1 aliphatic rings. The van der Waals surface area contributed by atoms with Crippen molar-refractivity contribution in [3.63, 3.8) is 0 Å². The Balaban J connectivity index is 1.60. The average molecular weight is 426 g/mol. The lowest BCUT2D eigenvalue weighted by molar-refractivity contribution is 0.00560. The van der Waals surface area contributed by atoms with Crippen LogP contribution in [0.3, 0.4) is 0 Å². The van der Waals surface area contributed by atoms with Crippen molar-refractivity contribution in [3.05, 3.63) is 48.5 Å². The number of carbonyl (C=O) groups is 1. The fourth-order valence-corrected chi connectivity index (χ4v) is 4.10. The molecule has 4 rings (SSSR count). The molecule has 0 radical (unpaired) electrons. The number of halogens is 1. The van der Waals surface area contributed by atoms with E-state index in [0.717, 1.165) is 11.1 Å². The molecule has 0 spiro atoms. The minimum atomic E-state index is -0.555. The largest absolute Gasteiger partial charge is 0.444 e. The van der Waals surface area contributed by atoms with Crippen LogP contribution in [0.4, 0.5) is 15.0 Å². The average Bonchev–Trinajstić information content (AvgIpc) is 3.09. The van der Waals surface area contributed by atoms with E-state index in [1.54, 1.807) is 15.6 Å². The second-order valence-corrected chi connectivity index (χ2v) is 9.11. The van der Waals surface area contributed by atoms with Gasteiger partial charge in [-0.25, -0.2) is 18.7 Å². The topological polar surface area (TPSA) is 63.0 Å². The second kappa shape index (κ2) is 7.83. The van der Waals surface area contributed by atoms with Gasteiger partial charge >= 0.3 is 6.09 Å². The molecule has 0 bridgehead atoms. The number of hydrogen-bond donors (Lipinski definition) is 0. The quantitative estimate of drug-likeness (QED) is 0.610. The van der Waals surface area contributed by atoms with E-state index in [2.05, 4.69) is 5.10 Å². The molecule has 0 unspecified atom stereocenters. The van der Waals surface area contributed by atoms with Crippen molar-refractivity contribution in [1.82, 2.24) is 19.5 Å². The highest BCUT2D eigenvalue weighted by Gasteiger charge is 2.36. The Hall–Kier alpha value is -3.16. The van der Waals surface area contributed by atoms with Gasteiger partial charge in [0.15, 0.2) is 0 Å². The number of aromatic nitrogens is 3. The van der Waals surface area contributed by atoms with E-state index < -0.39 is 5.60 Å². The number of carbonyl (C=O) groups excluding carboxylic acids is 1. The maximum Gasteiger partial charge on any atom is 0.410 e. The molecular weight excluding hydrogens is 397 g/mol. The van der Waals surface area contributed by atoms with E-state index in [4.69, 9.17) is 9.72 Å². The van der Waals surface area contributed by atoms with Crippen LogP contribution in [0.5, 0.6) is 0 Å². The molecule has 0 aliphatic carbocycles. The summed E-state index contributed by atoms with van der Waals surface area (Å²) in [5.41, 5.74) is 1.62. The van der Waals surface area contributed by atoms with Crippen LogP contribution in [0, 0.1) is 5.82 Å². The Morgan fingerprint density at radius 3 is 2.55 bits per heavy atom. The summed E-state index contributed by atoms with van der Waals surface area (Å²) in [7, 11) is 0. The number of nitrogens with zero attached hydrogens (tertiary/aromatic N) is 5. The molecule has 31 heavy (non-hydrogen) atoms. The van der Waals surface area contributed by atoms with Gasteiger partial charge in [-0.3, -0.25) is 4.90 Å². The highest BCUT2D eigenvalue weighted by atomic mass is 19.1. The Morgan fingerprint density at radius 2 is 1.87 bits per heavy atom. The minimum absolute atomic E-state index is 0.107. The molecule has 0 saturated carbocycles. The Kier molecular flexibility index (Phi) is 5.33. The van der Waals surface area contributed by atoms with E-state index in [-0.39, 0.29) is 24.0 Å². The molecule has 1 saturated heterocycles. The van der Waals surface area contributed by atoms with Crippen molar-refractivity contribution < 1.29 is 13.9 Å². The van der Waals surface area contributed by atoms with E-state index in [9.17, 15) is 9.18 Å². The van der Waals surface area contributed by atoms with Gasteiger partial charge in [-0.1, -0.05) is 6.07 Å². The molecule has 0 N–H and O–H groups in total. The van der Waals surface area contributed by atoms with E-state index in [1.807, 2.05) is 63.9 Å². The van der Waals surface area contributed by atoms with Gasteiger partial charge in [0.25, 0.3) is 0 Å². The predicted molar refractivity (Wildman–Crippen MR) is 118 cm³/mol. The summed E-state index contributed by atoms with van der Waals surface area (Å²) >= 11 is 0. The minimum Gasteiger partial charge on any atom is -0.444 e. The fourth-order valence-electron chi connectivity index (χ4n) is 4.10. The number of hydrogen-bond acceptors (Lipinski definition) is 5. The van der Waals surface area contributed by atoms with Crippen LogP contribution >= 0.6 is 0 Å². The predicted octanol–water partition coefficient (Wildman–Crippen LogP) is 4.37. The van der Waals surface area contributed by atoms with Gasteiger partial charge in [-0.05, 0) is 46.8 Å².